The van der Waals surface area contributed by atoms with Crippen LogP contribution in [0, 0.1) is 18.3 Å². The number of carbonyl (C=O) groups is 1. The molecule has 0 aliphatic carbocycles. The summed E-state index contributed by atoms with van der Waals surface area (Å²) >= 11 is 0. The van der Waals surface area contributed by atoms with Gasteiger partial charge in [0.15, 0.2) is 0 Å². The second-order valence-electron chi connectivity index (χ2n) is 3.50. The minimum absolute atomic E-state index is 0.243. The van der Waals surface area contributed by atoms with Gasteiger partial charge in [-0.25, -0.2) is 0 Å². The van der Waals surface area contributed by atoms with E-state index in [9.17, 15) is 4.79 Å². The molecule has 0 fully saturated rings. The summed E-state index contributed by atoms with van der Waals surface area (Å²) in [4.78, 5) is 10.9. The van der Waals surface area contributed by atoms with E-state index >= 15 is 0 Å². The van der Waals surface area contributed by atoms with Gasteiger partial charge in [0, 0.05) is 6.42 Å². The summed E-state index contributed by atoms with van der Waals surface area (Å²) in [5.41, 5.74) is 0.919. The van der Waals surface area contributed by atoms with E-state index in [4.69, 9.17) is 16.3 Å². The molecule has 0 radical (unpaired) electrons. The molecule has 84 valence electrons. The molecule has 1 unspecified atom stereocenters. The maximum absolute atomic E-state index is 10.9. The molecule has 0 saturated heterocycles. The Morgan fingerprint density at radius 2 is 2.38 bits per heavy atom. The van der Waals surface area contributed by atoms with Gasteiger partial charge in [-0.2, -0.15) is 0 Å². The Kier molecular flexibility index (Phi) is 4.41. The number of methoxy groups -OCH3 is 1. The minimum Gasteiger partial charge on any atom is -0.497 e. The standard InChI is InChI=1S/C13H14O3/c1-3-5-11(13(14)15)8-10-6-4-7-12(9-10)16-2/h1,4,6-7,9,11H,5,8H2,2H3,(H,14,15). The lowest BCUT2D eigenvalue weighted by Crippen LogP contribution is -2.15. The van der Waals surface area contributed by atoms with Gasteiger partial charge in [0.2, 0.25) is 0 Å². The highest BCUT2D eigenvalue weighted by molar-refractivity contribution is 5.70. The normalized spacial score (nSPS) is 11.5. The van der Waals surface area contributed by atoms with E-state index in [2.05, 4.69) is 5.92 Å². The largest absolute Gasteiger partial charge is 0.497 e. The molecule has 1 aromatic carbocycles. The summed E-state index contributed by atoms with van der Waals surface area (Å²) in [5, 5.41) is 8.97. The van der Waals surface area contributed by atoms with Crippen LogP contribution in [0.5, 0.6) is 5.75 Å². The molecule has 0 bridgehead atoms. The molecule has 3 nitrogen and oxygen atoms in total. The maximum Gasteiger partial charge on any atom is 0.307 e. The molecule has 0 aliphatic rings. The molecule has 0 spiro atoms. The van der Waals surface area contributed by atoms with E-state index in [1.165, 1.54) is 0 Å². The fourth-order valence-corrected chi connectivity index (χ4v) is 1.47. The summed E-state index contributed by atoms with van der Waals surface area (Å²) in [6, 6.07) is 7.35. The second kappa shape index (κ2) is 5.82. The zero-order valence-electron chi connectivity index (χ0n) is 9.14. The maximum atomic E-state index is 10.9. The SMILES string of the molecule is C#CCC(Cc1cccc(OC)c1)C(=O)O. The zero-order chi connectivity index (χ0) is 12.0. The molecule has 1 rings (SSSR count). The number of ether oxygens (including phenoxy) is 1. The summed E-state index contributed by atoms with van der Waals surface area (Å²) in [6.07, 6.45) is 5.81. The Morgan fingerprint density at radius 3 is 2.94 bits per heavy atom. The Labute approximate surface area is 95.1 Å². The number of carboxylic acid groups (broad SMARTS) is 1. The highest BCUT2D eigenvalue weighted by atomic mass is 16.5. The number of carboxylic acids is 1. The van der Waals surface area contributed by atoms with Gasteiger partial charge in [-0.05, 0) is 24.1 Å². The van der Waals surface area contributed by atoms with Crippen molar-refractivity contribution in [1.29, 1.82) is 0 Å². The number of aliphatic carboxylic acids is 1. The first-order valence-corrected chi connectivity index (χ1v) is 4.96. The fraction of sp³-hybridized carbons (Fsp3) is 0.308. The monoisotopic (exact) mass is 218 g/mol. The minimum atomic E-state index is -0.860. The first kappa shape index (κ1) is 12.1. The van der Waals surface area contributed by atoms with E-state index in [1.54, 1.807) is 7.11 Å². The van der Waals surface area contributed by atoms with Crippen molar-refractivity contribution in [1.82, 2.24) is 0 Å². The lowest BCUT2D eigenvalue weighted by molar-refractivity contribution is -0.141. The number of terminal acetylenes is 1. The van der Waals surface area contributed by atoms with Crippen LogP contribution in [0.3, 0.4) is 0 Å². The molecule has 1 aromatic rings. The smallest absolute Gasteiger partial charge is 0.307 e. The van der Waals surface area contributed by atoms with Crippen LogP contribution in [0.2, 0.25) is 0 Å². The Hall–Kier alpha value is -1.95. The van der Waals surface area contributed by atoms with Gasteiger partial charge >= 0.3 is 5.97 Å². The van der Waals surface area contributed by atoms with Gasteiger partial charge in [0.05, 0.1) is 13.0 Å². The molecule has 1 atom stereocenters. The molecule has 16 heavy (non-hydrogen) atoms. The van der Waals surface area contributed by atoms with Gasteiger partial charge in [-0.3, -0.25) is 4.79 Å². The van der Waals surface area contributed by atoms with Crippen molar-refractivity contribution in [2.75, 3.05) is 7.11 Å². The van der Waals surface area contributed by atoms with Crippen molar-refractivity contribution in [2.24, 2.45) is 5.92 Å². The Balaban J connectivity index is 2.77. The van der Waals surface area contributed by atoms with Crippen LogP contribution in [-0.4, -0.2) is 18.2 Å². The predicted molar refractivity (Wildman–Crippen MR) is 61.3 cm³/mol. The summed E-state index contributed by atoms with van der Waals surface area (Å²) < 4.78 is 5.07. The van der Waals surface area contributed by atoms with E-state index in [1.807, 2.05) is 24.3 Å². The van der Waals surface area contributed by atoms with E-state index in [0.717, 1.165) is 11.3 Å². The third-order valence-electron chi connectivity index (χ3n) is 2.33. The van der Waals surface area contributed by atoms with Crippen molar-refractivity contribution in [2.45, 2.75) is 12.8 Å². The molecule has 0 saturated carbocycles. The lowest BCUT2D eigenvalue weighted by atomic mass is 9.96. The summed E-state index contributed by atoms with van der Waals surface area (Å²) in [6.45, 7) is 0. The van der Waals surface area contributed by atoms with Gasteiger partial charge in [0.25, 0.3) is 0 Å². The number of hydrogen-bond acceptors (Lipinski definition) is 2. The number of rotatable bonds is 5. The van der Waals surface area contributed by atoms with E-state index in [-0.39, 0.29) is 6.42 Å². The first-order chi connectivity index (χ1) is 7.67. The molecule has 3 heteroatoms. The molecule has 0 aliphatic heterocycles. The van der Waals surface area contributed by atoms with Crippen LogP contribution in [0.4, 0.5) is 0 Å². The van der Waals surface area contributed by atoms with Crippen LogP contribution in [-0.2, 0) is 11.2 Å². The van der Waals surface area contributed by atoms with Crippen molar-refractivity contribution in [3.63, 3.8) is 0 Å². The van der Waals surface area contributed by atoms with Crippen LogP contribution in [0.15, 0.2) is 24.3 Å². The van der Waals surface area contributed by atoms with Crippen LogP contribution >= 0.6 is 0 Å². The third-order valence-corrected chi connectivity index (χ3v) is 2.33. The molecule has 0 heterocycles. The van der Waals surface area contributed by atoms with Crippen molar-refractivity contribution in [3.05, 3.63) is 29.8 Å². The topological polar surface area (TPSA) is 46.5 Å². The molecular weight excluding hydrogens is 204 g/mol. The zero-order valence-corrected chi connectivity index (χ0v) is 9.14. The third kappa shape index (κ3) is 3.32. The average molecular weight is 218 g/mol. The van der Waals surface area contributed by atoms with Gasteiger partial charge < -0.3 is 9.84 Å². The van der Waals surface area contributed by atoms with Crippen molar-refractivity contribution >= 4 is 5.97 Å². The van der Waals surface area contributed by atoms with Crippen LogP contribution in [0.25, 0.3) is 0 Å². The quantitative estimate of drug-likeness (QED) is 0.768. The molecular formula is C13H14O3. The highest BCUT2D eigenvalue weighted by Crippen LogP contribution is 2.17. The molecule has 0 amide bonds. The van der Waals surface area contributed by atoms with E-state index < -0.39 is 11.9 Å². The molecule has 0 aromatic heterocycles. The number of benzene rings is 1. The summed E-state index contributed by atoms with van der Waals surface area (Å²) in [5.74, 6) is 1.72. The Morgan fingerprint density at radius 1 is 1.62 bits per heavy atom. The van der Waals surface area contributed by atoms with Crippen LogP contribution in [0.1, 0.15) is 12.0 Å². The molecule has 1 N–H and O–H groups in total. The van der Waals surface area contributed by atoms with Gasteiger partial charge in [-0.1, -0.05) is 12.1 Å². The van der Waals surface area contributed by atoms with Crippen molar-refractivity contribution < 1.29 is 14.6 Å². The Bertz CT molecular complexity index is 404. The first-order valence-electron chi connectivity index (χ1n) is 4.96. The fourth-order valence-electron chi connectivity index (χ4n) is 1.47. The van der Waals surface area contributed by atoms with Crippen LogP contribution < -0.4 is 4.74 Å². The van der Waals surface area contributed by atoms with Gasteiger partial charge in [0.1, 0.15) is 5.75 Å². The summed E-state index contributed by atoms with van der Waals surface area (Å²) in [7, 11) is 1.58. The van der Waals surface area contributed by atoms with Crippen molar-refractivity contribution in [3.8, 4) is 18.1 Å². The second-order valence-corrected chi connectivity index (χ2v) is 3.50. The lowest BCUT2D eigenvalue weighted by Gasteiger charge is -2.09. The van der Waals surface area contributed by atoms with E-state index in [0.29, 0.717) is 6.42 Å². The highest BCUT2D eigenvalue weighted by Gasteiger charge is 2.16. The number of hydrogen-bond donors (Lipinski definition) is 1. The van der Waals surface area contributed by atoms with Gasteiger partial charge in [-0.15, -0.1) is 12.3 Å². The average Bonchev–Trinajstić information content (AvgIpc) is 2.28. The predicted octanol–water partition coefficient (Wildman–Crippen LogP) is 1.96.